The molecule has 0 aromatic rings. The number of hydrogen-bond acceptors (Lipinski definition) is 7. The van der Waals surface area contributed by atoms with E-state index in [1.807, 2.05) is 0 Å². The molecule has 2 amide bonds. The van der Waals surface area contributed by atoms with Gasteiger partial charge in [-0.25, -0.2) is 5.01 Å². The van der Waals surface area contributed by atoms with Crippen LogP contribution in [-0.4, -0.2) is 64.4 Å². The number of carboxylic acid groups (broad SMARTS) is 1. The van der Waals surface area contributed by atoms with Crippen LogP contribution >= 0.6 is 7.37 Å². The average molecular weight is 453 g/mol. The smallest absolute Gasteiger partial charge is 0.799 e. The quantitative estimate of drug-likeness (QED) is 0.230. The van der Waals surface area contributed by atoms with Gasteiger partial charge in [0.1, 0.15) is 0 Å². The van der Waals surface area contributed by atoms with E-state index in [9.17, 15) is 28.9 Å². The van der Waals surface area contributed by atoms with E-state index in [-0.39, 0.29) is 147 Å². The number of aliphatic hydroxyl groups is 1. The number of aliphatic hydroxyl groups excluding tert-OH is 1. The Morgan fingerprint density at radius 2 is 1.89 bits per heavy atom. The number of carboxylic acids is 1. The molecule has 3 atom stereocenters. The number of unbranched alkanes of at least 4 members (excludes halogenated alkanes) is 1. The van der Waals surface area contributed by atoms with Gasteiger partial charge in [0.05, 0.1) is 12.0 Å². The first-order valence-corrected chi connectivity index (χ1v) is 10.5. The third kappa shape index (κ3) is 8.12. The number of hydrazine groups is 1. The number of fused-ring (bicyclic) bond motifs is 1. The average Bonchev–Trinajstić information content (AvgIpc) is 2.67. The van der Waals surface area contributed by atoms with Gasteiger partial charge < -0.3 is 24.5 Å². The van der Waals surface area contributed by atoms with Crippen molar-refractivity contribution in [2.45, 2.75) is 44.6 Å². The van der Waals surface area contributed by atoms with Crippen LogP contribution in [0.3, 0.4) is 0 Å². The Hall–Kier alpha value is 1.83. The molecule has 9 nitrogen and oxygen atoms in total. The van der Waals surface area contributed by atoms with Crippen LogP contribution < -0.4 is 113 Å². The molecule has 0 aromatic carbocycles. The number of hydrogen-bond donors (Lipinski definition) is 1. The molecule has 2 aliphatic rings. The monoisotopic (exact) mass is 452 g/mol. The molecule has 2 saturated heterocycles. The Morgan fingerprint density at radius 1 is 1.22 bits per heavy atom. The van der Waals surface area contributed by atoms with Crippen LogP contribution in [-0.2, 0) is 18.9 Å². The normalized spacial score (nSPS) is 24.8. The van der Waals surface area contributed by atoms with Crippen LogP contribution in [0.5, 0.6) is 0 Å². The van der Waals surface area contributed by atoms with Gasteiger partial charge in [-0.2, -0.15) is 0 Å². The Balaban J connectivity index is 0.00000338. The molecule has 142 valence electrons. The van der Waals surface area contributed by atoms with E-state index < -0.39 is 37.4 Å². The molecule has 27 heavy (non-hydrogen) atoms. The Kier molecular flexibility index (Phi) is 14.2. The number of aliphatic carboxylic acids is 1. The zero-order valence-corrected chi connectivity index (χ0v) is 23.1. The second-order valence-electron chi connectivity index (χ2n) is 6.56. The van der Waals surface area contributed by atoms with Crippen molar-refractivity contribution >= 4 is 25.2 Å². The molecular weight excluding hydrogens is 429 g/mol. The van der Waals surface area contributed by atoms with Crippen molar-refractivity contribution in [1.82, 2.24) is 10.0 Å². The van der Waals surface area contributed by atoms with E-state index >= 15 is 0 Å². The van der Waals surface area contributed by atoms with Gasteiger partial charge in [0.15, 0.2) is 0 Å². The summed E-state index contributed by atoms with van der Waals surface area (Å²) in [5.41, 5.74) is 0. The standard InChI is InChI=1S/C15H25N2O7P.2K/c18-8-1-2-9-25(23,24)10-11-5-6-13(19)16-7-3-4-12(15(21)22)17(16)14(11)20;;/h11-12,18H,1-10H2,(H,21,22)(H,23,24);;/q;2*+1/p-2/t11-,12+;;/m1../s1. The van der Waals surface area contributed by atoms with Gasteiger partial charge in [0, 0.05) is 32.9 Å². The van der Waals surface area contributed by atoms with Gasteiger partial charge in [-0.1, -0.05) is 0 Å². The second kappa shape index (κ2) is 13.3. The van der Waals surface area contributed by atoms with Crippen molar-refractivity contribution in [1.29, 1.82) is 0 Å². The molecule has 0 bridgehead atoms. The van der Waals surface area contributed by atoms with E-state index in [2.05, 4.69) is 0 Å². The third-order valence-corrected chi connectivity index (χ3v) is 6.64. The topological polar surface area (TPSA) is 141 Å². The zero-order chi connectivity index (χ0) is 18.6. The molecule has 2 rings (SSSR count). The molecule has 1 N–H and O–H groups in total. The molecule has 0 aromatic heterocycles. The first-order valence-electron chi connectivity index (χ1n) is 8.51. The summed E-state index contributed by atoms with van der Waals surface area (Å²) in [7, 11) is -3.86. The summed E-state index contributed by atoms with van der Waals surface area (Å²) in [6, 6.07) is -1.24. The number of amides is 2. The van der Waals surface area contributed by atoms with Crippen LogP contribution in [0.4, 0.5) is 0 Å². The van der Waals surface area contributed by atoms with Gasteiger partial charge >= 0.3 is 103 Å². The molecule has 0 spiro atoms. The molecule has 2 aliphatic heterocycles. The Bertz CT molecular complexity index is 593. The number of carbonyl (C=O) groups is 3. The van der Waals surface area contributed by atoms with Crippen LogP contribution in [0, 0.1) is 5.92 Å². The third-order valence-electron chi connectivity index (χ3n) is 4.65. The summed E-state index contributed by atoms with van der Waals surface area (Å²) in [5.74, 6) is -3.40. The molecule has 2 fully saturated rings. The van der Waals surface area contributed by atoms with Gasteiger partial charge in [0.2, 0.25) is 11.8 Å². The van der Waals surface area contributed by atoms with Gasteiger partial charge in [0.25, 0.3) is 0 Å². The summed E-state index contributed by atoms with van der Waals surface area (Å²) in [6.45, 7) is 0.138. The molecular formula is C15H23K2N2O7P. The van der Waals surface area contributed by atoms with Gasteiger partial charge in [-0.3, -0.25) is 14.6 Å². The van der Waals surface area contributed by atoms with Crippen molar-refractivity contribution in [3.05, 3.63) is 0 Å². The fraction of sp³-hybridized carbons (Fsp3) is 0.800. The molecule has 12 heteroatoms. The van der Waals surface area contributed by atoms with E-state index in [4.69, 9.17) is 5.11 Å². The summed E-state index contributed by atoms with van der Waals surface area (Å²) in [4.78, 5) is 48.6. The predicted molar refractivity (Wildman–Crippen MR) is 83.0 cm³/mol. The van der Waals surface area contributed by atoms with E-state index in [1.165, 1.54) is 0 Å². The summed E-state index contributed by atoms with van der Waals surface area (Å²) in [6.07, 6.45) is 0.842. The molecule has 2 heterocycles. The fourth-order valence-corrected chi connectivity index (χ4v) is 5.26. The summed E-state index contributed by atoms with van der Waals surface area (Å²) in [5, 5.41) is 22.1. The zero-order valence-electron chi connectivity index (χ0n) is 16.0. The van der Waals surface area contributed by atoms with Gasteiger partial charge in [-0.05, 0) is 44.4 Å². The SMILES string of the molecule is O=C([O-])[C@@H]1CCCN2C(=O)CC[C@H](CP(=O)([O-])CCCCO)C(=O)N12.[K+].[K+]. The minimum absolute atomic E-state index is 0. The molecule has 0 saturated carbocycles. The molecule has 0 aliphatic carbocycles. The Labute approximate surface area is 243 Å². The van der Waals surface area contributed by atoms with Crippen molar-refractivity contribution in [3.63, 3.8) is 0 Å². The maximum absolute atomic E-state index is 12.8. The maximum Gasteiger partial charge on any atom is 1.00 e. The number of nitrogens with zero attached hydrogens (tertiary/aromatic N) is 2. The summed E-state index contributed by atoms with van der Waals surface area (Å²) < 4.78 is 12.2. The second-order valence-corrected chi connectivity index (χ2v) is 9.01. The van der Waals surface area contributed by atoms with Gasteiger partial charge in [-0.15, -0.1) is 0 Å². The predicted octanol–water partition coefficient (Wildman–Crippen LogP) is -7.70. The van der Waals surface area contributed by atoms with E-state index in [1.54, 1.807) is 0 Å². The first kappa shape index (κ1) is 28.8. The molecule has 0 radical (unpaired) electrons. The number of rotatable bonds is 7. The van der Waals surface area contributed by atoms with E-state index in [0.29, 0.717) is 19.3 Å². The van der Waals surface area contributed by atoms with E-state index in [0.717, 1.165) is 10.0 Å². The first-order chi connectivity index (χ1) is 11.8. The summed E-state index contributed by atoms with van der Waals surface area (Å²) >= 11 is 0. The number of carbonyl (C=O) groups excluding carboxylic acids is 3. The van der Waals surface area contributed by atoms with Crippen LogP contribution in [0.2, 0.25) is 0 Å². The maximum atomic E-state index is 12.8. The van der Waals surface area contributed by atoms with Crippen LogP contribution in [0.25, 0.3) is 0 Å². The van der Waals surface area contributed by atoms with Crippen LogP contribution in [0.1, 0.15) is 38.5 Å². The minimum Gasteiger partial charge on any atom is -0.799 e. The largest absolute Gasteiger partial charge is 1.00 e. The minimum atomic E-state index is -3.86. The Morgan fingerprint density at radius 3 is 2.48 bits per heavy atom. The van der Waals surface area contributed by atoms with Crippen molar-refractivity contribution in [2.24, 2.45) is 5.92 Å². The molecule has 1 unspecified atom stereocenters. The fourth-order valence-electron chi connectivity index (χ4n) is 3.37. The van der Waals surface area contributed by atoms with Crippen molar-refractivity contribution in [3.8, 4) is 0 Å². The van der Waals surface area contributed by atoms with Crippen molar-refractivity contribution < 1.29 is 137 Å². The van der Waals surface area contributed by atoms with Crippen molar-refractivity contribution in [2.75, 3.05) is 25.5 Å². The van der Waals surface area contributed by atoms with Crippen LogP contribution in [0.15, 0.2) is 0 Å².